The van der Waals surface area contributed by atoms with Crippen molar-refractivity contribution in [2.45, 2.75) is 13.3 Å². The van der Waals surface area contributed by atoms with Crippen molar-refractivity contribution in [3.63, 3.8) is 0 Å². The fourth-order valence-electron chi connectivity index (χ4n) is 1.62. The van der Waals surface area contributed by atoms with Crippen molar-refractivity contribution in [2.24, 2.45) is 0 Å². The Labute approximate surface area is 113 Å². The molecule has 94 valence electrons. The number of aryl methyl sites for hydroxylation is 1. The summed E-state index contributed by atoms with van der Waals surface area (Å²) in [6, 6.07) is 4.61. The molecule has 0 atom stereocenters. The van der Waals surface area contributed by atoms with Gasteiger partial charge in [0.05, 0.1) is 15.7 Å². The maximum atomic E-state index is 12.1. The number of nitrogens with zero attached hydrogens (tertiary/aromatic N) is 1. The number of rotatable bonds is 2. The Morgan fingerprint density at radius 2 is 1.94 bits per heavy atom. The second-order valence-electron chi connectivity index (χ2n) is 3.71. The number of hydrogen-bond acceptors (Lipinski definition) is 2. The van der Waals surface area contributed by atoms with Gasteiger partial charge in [0.15, 0.2) is 0 Å². The first-order valence-electron chi connectivity index (χ1n) is 5.33. The maximum Gasteiger partial charge on any atom is 0.333 e. The first kappa shape index (κ1) is 12.9. The summed E-state index contributed by atoms with van der Waals surface area (Å²) in [7, 11) is 0. The SMILES string of the molecule is CCc1c[nH]c(=O)n(-c2ccc(Cl)c(Cl)c2)c1=O. The molecule has 1 aromatic carbocycles. The summed E-state index contributed by atoms with van der Waals surface area (Å²) in [6.07, 6.45) is 1.97. The van der Waals surface area contributed by atoms with E-state index in [1.54, 1.807) is 12.1 Å². The van der Waals surface area contributed by atoms with Crippen LogP contribution in [0.2, 0.25) is 10.0 Å². The molecule has 4 nitrogen and oxygen atoms in total. The van der Waals surface area contributed by atoms with Crippen LogP contribution in [0.3, 0.4) is 0 Å². The Morgan fingerprint density at radius 1 is 1.22 bits per heavy atom. The Morgan fingerprint density at radius 3 is 2.56 bits per heavy atom. The molecule has 0 aliphatic carbocycles. The Kier molecular flexibility index (Phi) is 3.59. The maximum absolute atomic E-state index is 12.1. The van der Waals surface area contributed by atoms with Gasteiger partial charge in [-0.2, -0.15) is 0 Å². The standard InChI is InChI=1S/C12H10Cl2N2O2/c1-2-7-6-15-12(18)16(11(7)17)8-3-4-9(13)10(14)5-8/h3-6H,2H2,1H3,(H,15,18). The van der Waals surface area contributed by atoms with Crippen LogP contribution in [-0.4, -0.2) is 9.55 Å². The predicted molar refractivity (Wildman–Crippen MR) is 72.1 cm³/mol. The molecule has 0 bridgehead atoms. The molecule has 1 N–H and O–H groups in total. The molecule has 2 rings (SSSR count). The molecular weight excluding hydrogens is 275 g/mol. The lowest BCUT2D eigenvalue weighted by atomic mass is 10.2. The summed E-state index contributed by atoms with van der Waals surface area (Å²) < 4.78 is 1.04. The monoisotopic (exact) mass is 284 g/mol. The van der Waals surface area contributed by atoms with E-state index in [1.807, 2.05) is 6.92 Å². The van der Waals surface area contributed by atoms with Crippen LogP contribution in [0.25, 0.3) is 5.69 Å². The van der Waals surface area contributed by atoms with Crippen LogP contribution in [0.5, 0.6) is 0 Å². The highest BCUT2D eigenvalue weighted by molar-refractivity contribution is 6.42. The van der Waals surface area contributed by atoms with Crippen molar-refractivity contribution in [1.29, 1.82) is 0 Å². The molecule has 1 heterocycles. The molecule has 1 aromatic heterocycles. The van der Waals surface area contributed by atoms with Crippen LogP contribution < -0.4 is 11.2 Å². The number of aromatic amines is 1. The number of aromatic nitrogens is 2. The Balaban J connectivity index is 2.74. The van der Waals surface area contributed by atoms with E-state index in [0.717, 1.165) is 4.57 Å². The number of halogens is 2. The Hall–Kier alpha value is -1.52. The zero-order chi connectivity index (χ0) is 13.3. The quantitative estimate of drug-likeness (QED) is 0.921. The second kappa shape index (κ2) is 5.00. The van der Waals surface area contributed by atoms with E-state index in [9.17, 15) is 9.59 Å². The fraction of sp³-hybridized carbons (Fsp3) is 0.167. The molecule has 0 amide bonds. The Bertz CT molecular complexity index is 704. The van der Waals surface area contributed by atoms with Gasteiger partial charge in [-0.1, -0.05) is 30.1 Å². The predicted octanol–water partition coefficient (Wildman–Crippen LogP) is 2.40. The minimum absolute atomic E-state index is 0.294. The highest BCUT2D eigenvalue weighted by atomic mass is 35.5. The van der Waals surface area contributed by atoms with Crippen LogP contribution in [0, 0.1) is 0 Å². The molecular formula is C12H10Cl2N2O2. The zero-order valence-electron chi connectivity index (χ0n) is 9.54. The highest BCUT2D eigenvalue weighted by Gasteiger charge is 2.09. The summed E-state index contributed by atoms with van der Waals surface area (Å²) in [5, 5.41) is 0.666. The van der Waals surface area contributed by atoms with E-state index in [1.165, 1.54) is 12.3 Å². The first-order chi connectivity index (χ1) is 8.54. The van der Waals surface area contributed by atoms with Crippen molar-refractivity contribution in [3.05, 3.63) is 60.8 Å². The van der Waals surface area contributed by atoms with Crippen LogP contribution in [0.1, 0.15) is 12.5 Å². The average molecular weight is 285 g/mol. The van der Waals surface area contributed by atoms with E-state index in [2.05, 4.69) is 4.98 Å². The fourth-order valence-corrected chi connectivity index (χ4v) is 1.92. The number of nitrogens with one attached hydrogen (secondary N) is 1. The summed E-state index contributed by atoms with van der Waals surface area (Å²) in [5.74, 6) is 0. The van der Waals surface area contributed by atoms with Crippen molar-refractivity contribution in [2.75, 3.05) is 0 Å². The van der Waals surface area contributed by atoms with Gasteiger partial charge in [-0.05, 0) is 24.6 Å². The van der Waals surface area contributed by atoms with E-state index in [0.29, 0.717) is 27.7 Å². The minimum Gasteiger partial charge on any atom is -0.313 e. The van der Waals surface area contributed by atoms with Crippen LogP contribution in [-0.2, 0) is 6.42 Å². The smallest absolute Gasteiger partial charge is 0.313 e. The average Bonchev–Trinajstić information content (AvgIpc) is 2.34. The van der Waals surface area contributed by atoms with Gasteiger partial charge in [0.25, 0.3) is 5.56 Å². The lowest BCUT2D eigenvalue weighted by Gasteiger charge is -2.07. The molecule has 0 fully saturated rings. The van der Waals surface area contributed by atoms with Crippen molar-refractivity contribution >= 4 is 23.2 Å². The molecule has 0 unspecified atom stereocenters. The van der Waals surface area contributed by atoms with Gasteiger partial charge in [-0.25, -0.2) is 9.36 Å². The topological polar surface area (TPSA) is 54.9 Å². The summed E-state index contributed by atoms with van der Waals surface area (Å²) in [5.41, 5.74) is 0.0712. The van der Waals surface area contributed by atoms with Crippen LogP contribution in [0.4, 0.5) is 0 Å². The lowest BCUT2D eigenvalue weighted by molar-refractivity contribution is 0.841. The van der Waals surface area contributed by atoms with Gasteiger partial charge in [0, 0.05) is 11.8 Å². The van der Waals surface area contributed by atoms with Crippen molar-refractivity contribution in [3.8, 4) is 5.69 Å². The first-order valence-corrected chi connectivity index (χ1v) is 6.09. The molecule has 0 saturated carbocycles. The van der Waals surface area contributed by atoms with Gasteiger partial charge >= 0.3 is 5.69 Å². The molecule has 0 spiro atoms. The lowest BCUT2D eigenvalue weighted by Crippen LogP contribution is -2.35. The third-order valence-corrected chi connectivity index (χ3v) is 3.33. The molecule has 0 aliphatic heterocycles. The number of benzene rings is 1. The summed E-state index contributed by atoms with van der Waals surface area (Å²) in [4.78, 5) is 26.3. The second-order valence-corrected chi connectivity index (χ2v) is 4.53. The third kappa shape index (κ3) is 2.21. The molecule has 0 aliphatic rings. The molecule has 0 radical (unpaired) electrons. The number of H-pyrrole nitrogens is 1. The normalized spacial score (nSPS) is 10.6. The summed E-state index contributed by atoms with van der Waals surface area (Å²) >= 11 is 11.7. The van der Waals surface area contributed by atoms with E-state index in [4.69, 9.17) is 23.2 Å². The van der Waals surface area contributed by atoms with Crippen molar-refractivity contribution in [1.82, 2.24) is 9.55 Å². The highest BCUT2D eigenvalue weighted by Crippen LogP contribution is 2.23. The van der Waals surface area contributed by atoms with Gasteiger partial charge in [-0.15, -0.1) is 0 Å². The van der Waals surface area contributed by atoms with Crippen LogP contribution >= 0.6 is 23.2 Å². The van der Waals surface area contributed by atoms with Gasteiger partial charge < -0.3 is 4.98 Å². The van der Waals surface area contributed by atoms with Crippen LogP contribution in [0.15, 0.2) is 34.0 Å². The zero-order valence-corrected chi connectivity index (χ0v) is 11.0. The molecule has 0 saturated heterocycles. The molecule has 18 heavy (non-hydrogen) atoms. The van der Waals surface area contributed by atoms with Gasteiger partial charge in [0.2, 0.25) is 0 Å². The minimum atomic E-state index is -0.504. The van der Waals surface area contributed by atoms with E-state index >= 15 is 0 Å². The third-order valence-electron chi connectivity index (χ3n) is 2.59. The van der Waals surface area contributed by atoms with Gasteiger partial charge in [0.1, 0.15) is 0 Å². The summed E-state index contributed by atoms with van der Waals surface area (Å²) in [6.45, 7) is 1.84. The van der Waals surface area contributed by atoms with E-state index < -0.39 is 5.69 Å². The molecule has 2 aromatic rings. The van der Waals surface area contributed by atoms with E-state index in [-0.39, 0.29) is 5.56 Å². The number of hydrogen-bond donors (Lipinski definition) is 1. The molecule has 6 heteroatoms. The van der Waals surface area contributed by atoms with Crippen molar-refractivity contribution < 1.29 is 0 Å². The largest absolute Gasteiger partial charge is 0.333 e. The van der Waals surface area contributed by atoms with Gasteiger partial charge in [-0.3, -0.25) is 4.79 Å².